The van der Waals surface area contributed by atoms with Crippen LogP contribution in [-0.4, -0.2) is 21.9 Å². The summed E-state index contributed by atoms with van der Waals surface area (Å²) in [6.45, 7) is 2.20. The SMILES string of the molecule is CCCCCC1(C=O)SCCCS1. The van der Waals surface area contributed by atoms with Crippen LogP contribution in [0.1, 0.15) is 39.0 Å². The third-order valence-electron chi connectivity index (χ3n) is 2.29. The number of carbonyl (C=O) groups is 1. The average molecular weight is 218 g/mol. The third-order valence-corrected chi connectivity index (χ3v) is 5.56. The Kier molecular flexibility index (Phi) is 5.25. The number of hydrogen-bond acceptors (Lipinski definition) is 3. The molecule has 1 nitrogen and oxygen atoms in total. The van der Waals surface area contributed by atoms with Crippen molar-refractivity contribution in [1.82, 2.24) is 0 Å². The van der Waals surface area contributed by atoms with Gasteiger partial charge in [-0.15, -0.1) is 23.5 Å². The zero-order valence-corrected chi connectivity index (χ0v) is 9.88. The van der Waals surface area contributed by atoms with Gasteiger partial charge in [-0.3, -0.25) is 0 Å². The highest BCUT2D eigenvalue weighted by atomic mass is 32.2. The molecule has 1 heterocycles. The molecular weight excluding hydrogens is 200 g/mol. The molecular formula is C10H18OS2. The van der Waals surface area contributed by atoms with Gasteiger partial charge in [0.2, 0.25) is 0 Å². The van der Waals surface area contributed by atoms with Crippen LogP contribution in [0.15, 0.2) is 0 Å². The Labute approximate surface area is 89.4 Å². The number of unbranched alkanes of at least 4 members (excludes halogenated alkanes) is 2. The summed E-state index contributed by atoms with van der Waals surface area (Å²) in [7, 11) is 0. The molecule has 1 aliphatic rings. The minimum absolute atomic E-state index is 0.0760. The summed E-state index contributed by atoms with van der Waals surface area (Å²) in [5, 5.41) is 0. The summed E-state index contributed by atoms with van der Waals surface area (Å²) in [4.78, 5) is 11.0. The summed E-state index contributed by atoms with van der Waals surface area (Å²) < 4.78 is -0.0760. The van der Waals surface area contributed by atoms with Crippen molar-refractivity contribution in [3.63, 3.8) is 0 Å². The molecule has 1 aliphatic heterocycles. The van der Waals surface area contributed by atoms with E-state index in [4.69, 9.17) is 0 Å². The van der Waals surface area contributed by atoms with E-state index < -0.39 is 0 Å². The zero-order valence-electron chi connectivity index (χ0n) is 8.25. The Balaban J connectivity index is 2.33. The summed E-state index contributed by atoms with van der Waals surface area (Å²) in [5.74, 6) is 2.33. The van der Waals surface area contributed by atoms with Gasteiger partial charge in [0.1, 0.15) is 10.4 Å². The molecule has 0 N–H and O–H groups in total. The van der Waals surface area contributed by atoms with E-state index in [0.717, 1.165) is 17.9 Å². The number of thioether (sulfide) groups is 2. The van der Waals surface area contributed by atoms with Crippen molar-refractivity contribution < 1.29 is 4.79 Å². The Morgan fingerprint density at radius 1 is 1.31 bits per heavy atom. The van der Waals surface area contributed by atoms with Crippen LogP contribution < -0.4 is 0 Å². The van der Waals surface area contributed by atoms with Gasteiger partial charge < -0.3 is 4.79 Å². The second kappa shape index (κ2) is 5.97. The molecule has 0 saturated carbocycles. The van der Waals surface area contributed by atoms with Gasteiger partial charge in [-0.1, -0.05) is 26.2 Å². The quantitative estimate of drug-likeness (QED) is 0.520. The van der Waals surface area contributed by atoms with E-state index in [0.29, 0.717) is 0 Å². The molecule has 1 saturated heterocycles. The molecule has 13 heavy (non-hydrogen) atoms. The standard InChI is InChI=1S/C10H18OS2/c1-2-3-4-6-10(9-11)12-7-5-8-13-10/h9H,2-8H2,1H3. The Hall–Kier alpha value is 0.370. The van der Waals surface area contributed by atoms with Gasteiger partial charge in [0.05, 0.1) is 0 Å². The van der Waals surface area contributed by atoms with E-state index in [1.807, 2.05) is 23.5 Å². The smallest absolute Gasteiger partial charge is 0.146 e. The first kappa shape index (κ1) is 11.4. The minimum atomic E-state index is -0.0760. The largest absolute Gasteiger partial charge is 0.301 e. The summed E-state index contributed by atoms with van der Waals surface area (Å²) >= 11 is 3.71. The number of carbonyl (C=O) groups excluding carboxylic acids is 1. The monoisotopic (exact) mass is 218 g/mol. The molecule has 0 aliphatic carbocycles. The van der Waals surface area contributed by atoms with Crippen LogP contribution in [0.25, 0.3) is 0 Å². The Morgan fingerprint density at radius 2 is 2.00 bits per heavy atom. The molecule has 1 rings (SSSR count). The molecule has 0 amide bonds. The van der Waals surface area contributed by atoms with Crippen molar-refractivity contribution in [2.45, 2.75) is 43.1 Å². The van der Waals surface area contributed by atoms with Gasteiger partial charge in [-0.2, -0.15) is 0 Å². The summed E-state index contributed by atoms with van der Waals surface area (Å²) in [5.41, 5.74) is 0. The molecule has 0 aromatic carbocycles. The number of rotatable bonds is 5. The maximum Gasteiger partial charge on any atom is 0.146 e. The second-order valence-electron chi connectivity index (χ2n) is 3.44. The van der Waals surface area contributed by atoms with Crippen molar-refractivity contribution in [3.05, 3.63) is 0 Å². The van der Waals surface area contributed by atoms with E-state index in [2.05, 4.69) is 6.92 Å². The van der Waals surface area contributed by atoms with Crippen molar-refractivity contribution in [2.24, 2.45) is 0 Å². The predicted molar refractivity (Wildman–Crippen MR) is 62.5 cm³/mol. The van der Waals surface area contributed by atoms with Crippen LogP contribution in [0.2, 0.25) is 0 Å². The maximum atomic E-state index is 11.0. The lowest BCUT2D eigenvalue weighted by Gasteiger charge is -2.30. The highest BCUT2D eigenvalue weighted by molar-refractivity contribution is 8.19. The lowest BCUT2D eigenvalue weighted by Crippen LogP contribution is -2.26. The number of hydrogen-bond donors (Lipinski definition) is 0. The van der Waals surface area contributed by atoms with Crippen molar-refractivity contribution >= 4 is 29.8 Å². The van der Waals surface area contributed by atoms with Crippen LogP contribution in [0.3, 0.4) is 0 Å². The first-order valence-corrected chi connectivity index (χ1v) is 7.04. The average Bonchev–Trinajstić information content (AvgIpc) is 2.20. The van der Waals surface area contributed by atoms with Crippen LogP contribution in [0, 0.1) is 0 Å². The van der Waals surface area contributed by atoms with Gasteiger partial charge in [0.25, 0.3) is 0 Å². The highest BCUT2D eigenvalue weighted by Crippen LogP contribution is 2.44. The predicted octanol–water partition coefficient (Wildman–Crippen LogP) is 3.33. The van der Waals surface area contributed by atoms with Crippen LogP contribution in [0.4, 0.5) is 0 Å². The summed E-state index contributed by atoms with van der Waals surface area (Å²) in [6.07, 6.45) is 7.21. The maximum absolute atomic E-state index is 11.0. The van der Waals surface area contributed by atoms with E-state index >= 15 is 0 Å². The molecule has 0 spiro atoms. The van der Waals surface area contributed by atoms with Crippen LogP contribution >= 0.6 is 23.5 Å². The van der Waals surface area contributed by atoms with E-state index in [-0.39, 0.29) is 4.08 Å². The Morgan fingerprint density at radius 3 is 2.54 bits per heavy atom. The normalized spacial score (nSPS) is 21.3. The molecule has 0 aromatic rings. The second-order valence-corrected chi connectivity index (χ2v) is 6.55. The van der Waals surface area contributed by atoms with Crippen LogP contribution in [-0.2, 0) is 4.79 Å². The lowest BCUT2D eigenvalue weighted by molar-refractivity contribution is -0.108. The first-order chi connectivity index (χ1) is 6.33. The molecule has 76 valence electrons. The van der Waals surface area contributed by atoms with Gasteiger partial charge in [-0.25, -0.2) is 0 Å². The summed E-state index contributed by atoms with van der Waals surface area (Å²) in [6, 6.07) is 0. The van der Waals surface area contributed by atoms with Gasteiger partial charge in [0, 0.05) is 0 Å². The fourth-order valence-corrected chi connectivity index (χ4v) is 4.48. The third kappa shape index (κ3) is 3.55. The highest BCUT2D eigenvalue weighted by Gasteiger charge is 2.32. The molecule has 0 bridgehead atoms. The molecule has 0 atom stereocenters. The van der Waals surface area contributed by atoms with E-state index in [9.17, 15) is 4.79 Å². The van der Waals surface area contributed by atoms with Gasteiger partial charge >= 0.3 is 0 Å². The van der Waals surface area contributed by atoms with Gasteiger partial charge in [-0.05, 0) is 24.3 Å². The first-order valence-electron chi connectivity index (χ1n) is 5.07. The lowest BCUT2D eigenvalue weighted by atomic mass is 10.1. The van der Waals surface area contributed by atoms with E-state index in [1.54, 1.807) is 0 Å². The molecule has 0 radical (unpaired) electrons. The van der Waals surface area contributed by atoms with Crippen molar-refractivity contribution in [2.75, 3.05) is 11.5 Å². The van der Waals surface area contributed by atoms with Crippen molar-refractivity contribution in [1.29, 1.82) is 0 Å². The Bertz CT molecular complexity index is 153. The minimum Gasteiger partial charge on any atom is -0.301 e. The van der Waals surface area contributed by atoms with E-state index in [1.165, 1.54) is 32.0 Å². The molecule has 0 unspecified atom stereocenters. The fourth-order valence-electron chi connectivity index (χ4n) is 1.48. The van der Waals surface area contributed by atoms with Crippen molar-refractivity contribution in [3.8, 4) is 0 Å². The topological polar surface area (TPSA) is 17.1 Å². The molecule has 1 fully saturated rings. The molecule has 0 aromatic heterocycles. The molecule has 3 heteroatoms. The fraction of sp³-hybridized carbons (Fsp3) is 0.900. The zero-order chi connectivity index (χ0) is 9.57. The number of aldehydes is 1. The van der Waals surface area contributed by atoms with Gasteiger partial charge in [0.15, 0.2) is 0 Å². The van der Waals surface area contributed by atoms with Crippen LogP contribution in [0.5, 0.6) is 0 Å².